The van der Waals surface area contributed by atoms with Crippen LogP contribution in [0.25, 0.3) is 0 Å². The molecular formula is C17H30N2. The summed E-state index contributed by atoms with van der Waals surface area (Å²) in [6, 6.07) is 10.7. The highest BCUT2D eigenvalue weighted by atomic mass is 15.2. The minimum Gasteiger partial charge on any atom is -0.329 e. The Balaban J connectivity index is 2.50. The Hall–Kier alpha value is -0.860. The van der Waals surface area contributed by atoms with Crippen LogP contribution in [-0.2, 0) is 6.42 Å². The highest BCUT2D eigenvalue weighted by Crippen LogP contribution is 2.19. The number of benzene rings is 1. The summed E-state index contributed by atoms with van der Waals surface area (Å²) in [4.78, 5) is 2.58. The highest BCUT2D eigenvalue weighted by Gasteiger charge is 2.27. The molecule has 0 heterocycles. The van der Waals surface area contributed by atoms with Crippen LogP contribution in [0.2, 0.25) is 0 Å². The first kappa shape index (κ1) is 16.2. The van der Waals surface area contributed by atoms with Crippen LogP contribution >= 0.6 is 0 Å². The van der Waals surface area contributed by atoms with E-state index in [1.807, 2.05) is 0 Å². The second-order valence-corrected chi connectivity index (χ2v) is 5.63. The first-order valence-corrected chi connectivity index (χ1v) is 7.65. The molecule has 0 saturated carbocycles. The van der Waals surface area contributed by atoms with Crippen LogP contribution in [0, 0.1) is 0 Å². The van der Waals surface area contributed by atoms with E-state index in [-0.39, 0.29) is 5.54 Å². The Bertz CT molecular complexity index is 330. The summed E-state index contributed by atoms with van der Waals surface area (Å²) >= 11 is 0. The van der Waals surface area contributed by atoms with E-state index in [1.54, 1.807) is 0 Å². The van der Waals surface area contributed by atoms with Crippen LogP contribution in [0.1, 0.15) is 45.6 Å². The SMILES string of the molecule is CCCN(CCCc1ccccc1)C(C)(CC)CN. The van der Waals surface area contributed by atoms with Gasteiger partial charge in [-0.2, -0.15) is 0 Å². The van der Waals surface area contributed by atoms with E-state index >= 15 is 0 Å². The second kappa shape index (κ2) is 8.34. The van der Waals surface area contributed by atoms with Gasteiger partial charge in [-0.05, 0) is 51.3 Å². The summed E-state index contributed by atoms with van der Waals surface area (Å²) in [6.07, 6.45) is 4.68. The molecule has 1 atom stereocenters. The van der Waals surface area contributed by atoms with Crippen molar-refractivity contribution >= 4 is 0 Å². The van der Waals surface area contributed by atoms with Gasteiger partial charge < -0.3 is 5.73 Å². The van der Waals surface area contributed by atoms with Gasteiger partial charge in [0.2, 0.25) is 0 Å². The van der Waals surface area contributed by atoms with Crippen molar-refractivity contribution in [3.8, 4) is 0 Å². The van der Waals surface area contributed by atoms with E-state index in [4.69, 9.17) is 5.73 Å². The molecule has 0 aromatic heterocycles. The van der Waals surface area contributed by atoms with E-state index in [2.05, 4.69) is 56.0 Å². The largest absolute Gasteiger partial charge is 0.329 e. The summed E-state index contributed by atoms with van der Waals surface area (Å²) in [7, 11) is 0. The van der Waals surface area contributed by atoms with Crippen molar-refractivity contribution in [2.45, 2.75) is 52.0 Å². The molecular weight excluding hydrogens is 232 g/mol. The molecule has 0 aliphatic rings. The van der Waals surface area contributed by atoms with Crippen LogP contribution in [-0.4, -0.2) is 30.1 Å². The van der Waals surface area contributed by atoms with E-state index in [1.165, 1.54) is 18.4 Å². The standard InChI is InChI=1S/C17H30N2/c1-4-13-19(17(3,5-2)15-18)14-9-12-16-10-7-6-8-11-16/h6-8,10-11H,4-5,9,12-15,18H2,1-3H3. The molecule has 1 aromatic rings. The zero-order chi connectivity index (χ0) is 14.1. The molecule has 0 aliphatic carbocycles. The number of hydrogen-bond donors (Lipinski definition) is 1. The number of nitrogens with two attached hydrogens (primary N) is 1. The number of rotatable bonds is 9. The quantitative estimate of drug-likeness (QED) is 0.738. The average molecular weight is 262 g/mol. The van der Waals surface area contributed by atoms with Crippen LogP contribution < -0.4 is 5.73 Å². The number of nitrogens with zero attached hydrogens (tertiary/aromatic N) is 1. The molecule has 108 valence electrons. The average Bonchev–Trinajstić information content (AvgIpc) is 2.46. The molecule has 0 spiro atoms. The molecule has 0 fully saturated rings. The molecule has 1 aromatic carbocycles. The third kappa shape index (κ3) is 4.96. The Morgan fingerprint density at radius 2 is 1.79 bits per heavy atom. The minimum atomic E-state index is 0.159. The summed E-state index contributed by atoms with van der Waals surface area (Å²) in [5.41, 5.74) is 7.58. The zero-order valence-electron chi connectivity index (χ0n) is 12.9. The van der Waals surface area contributed by atoms with Crippen LogP contribution in [0.15, 0.2) is 30.3 Å². The first-order valence-electron chi connectivity index (χ1n) is 7.65. The summed E-state index contributed by atoms with van der Waals surface area (Å²) < 4.78 is 0. The van der Waals surface area contributed by atoms with Gasteiger partial charge in [-0.3, -0.25) is 4.90 Å². The molecule has 2 nitrogen and oxygen atoms in total. The zero-order valence-corrected chi connectivity index (χ0v) is 12.9. The molecule has 1 rings (SSSR count). The maximum atomic E-state index is 5.99. The third-order valence-electron chi connectivity index (χ3n) is 4.19. The smallest absolute Gasteiger partial charge is 0.0300 e. The van der Waals surface area contributed by atoms with Crippen molar-refractivity contribution in [2.24, 2.45) is 5.73 Å². The fraction of sp³-hybridized carbons (Fsp3) is 0.647. The van der Waals surface area contributed by atoms with Gasteiger partial charge in [-0.1, -0.05) is 44.2 Å². The maximum absolute atomic E-state index is 5.99. The first-order chi connectivity index (χ1) is 9.16. The molecule has 2 N–H and O–H groups in total. The third-order valence-corrected chi connectivity index (χ3v) is 4.19. The highest BCUT2D eigenvalue weighted by molar-refractivity contribution is 5.14. The summed E-state index contributed by atoms with van der Waals surface area (Å²) in [6.45, 7) is 9.82. The van der Waals surface area contributed by atoms with Gasteiger partial charge in [0.25, 0.3) is 0 Å². The molecule has 19 heavy (non-hydrogen) atoms. The van der Waals surface area contributed by atoms with Crippen molar-refractivity contribution in [3.63, 3.8) is 0 Å². The van der Waals surface area contributed by atoms with Crippen LogP contribution in [0.4, 0.5) is 0 Å². The predicted molar refractivity (Wildman–Crippen MR) is 84.4 cm³/mol. The van der Waals surface area contributed by atoms with Gasteiger partial charge in [0.15, 0.2) is 0 Å². The van der Waals surface area contributed by atoms with Gasteiger partial charge in [0, 0.05) is 12.1 Å². The van der Waals surface area contributed by atoms with Crippen molar-refractivity contribution in [1.29, 1.82) is 0 Å². The van der Waals surface area contributed by atoms with Crippen molar-refractivity contribution in [1.82, 2.24) is 4.90 Å². The second-order valence-electron chi connectivity index (χ2n) is 5.63. The summed E-state index contributed by atoms with van der Waals surface area (Å²) in [5.74, 6) is 0. The van der Waals surface area contributed by atoms with E-state index in [9.17, 15) is 0 Å². The molecule has 0 saturated heterocycles. The van der Waals surface area contributed by atoms with Gasteiger partial charge in [0.05, 0.1) is 0 Å². The lowest BCUT2D eigenvalue weighted by Crippen LogP contribution is -2.52. The van der Waals surface area contributed by atoms with Gasteiger partial charge in [-0.25, -0.2) is 0 Å². The molecule has 0 aliphatic heterocycles. The van der Waals surface area contributed by atoms with E-state index in [0.29, 0.717) is 0 Å². The molecule has 0 bridgehead atoms. The van der Waals surface area contributed by atoms with Gasteiger partial charge in [-0.15, -0.1) is 0 Å². The van der Waals surface area contributed by atoms with Gasteiger partial charge in [0.1, 0.15) is 0 Å². The number of aryl methyl sites for hydroxylation is 1. The number of hydrogen-bond acceptors (Lipinski definition) is 2. The predicted octanol–water partition coefficient (Wildman–Crippen LogP) is 3.46. The van der Waals surface area contributed by atoms with E-state index in [0.717, 1.165) is 32.5 Å². The Morgan fingerprint density at radius 1 is 1.11 bits per heavy atom. The Kier molecular flexibility index (Phi) is 7.11. The molecule has 2 heteroatoms. The Labute approximate surface area is 119 Å². The van der Waals surface area contributed by atoms with Crippen molar-refractivity contribution < 1.29 is 0 Å². The lowest BCUT2D eigenvalue weighted by molar-refractivity contribution is 0.104. The Morgan fingerprint density at radius 3 is 2.32 bits per heavy atom. The summed E-state index contributed by atoms with van der Waals surface area (Å²) in [5, 5.41) is 0. The van der Waals surface area contributed by atoms with Crippen molar-refractivity contribution in [2.75, 3.05) is 19.6 Å². The lowest BCUT2D eigenvalue weighted by Gasteiger charge is -2.40. The molecule has 0 radical (unpaired) electrons. The van der Waals surface area contributed by atoms with Crippen LogP contribution in [0.5, 0.6) is 0 Å². The van der Waals surface area contributed by atoms with Crippen LogP contribution in [0.3, 0.4) is 0 Å². The van der Waals surface area contributed by atoms with Gasteiger partial charge >= 0.3 is 0 Å². The fourth-order valence-electron chi connectivity index (χ4n) is 2.54. The lowest BCUT2D eigenvalue weighted by atomic mass is 9.95. The minimum absolute atomic E-state index is 0.159. The van der Waals surface area contributed by atoms with E-state index < -0.39 is 0 Å². The topological polar surface area (TPSA) is 29.3 Å². The fourth-order valence-corrected chi connectivity index (χ4v) is 2.54. The molecule has 0 amide bonds. The normalized spacial score (nSPS) is 14.6. The van der Waals surface area contributed by atoms with Crippen molar-refractivity contribution in [3.05, 3.63) is 35.9 Å². The maximum Gasteiger partial charge on any atom is 0.0300 e. The molecule has 1 unspecified atom stereocenters. The monoisotopic (exact) mass is 262 g/mol.